The first-order valence-corrected chi connectivity index (χ1v) is 7.27. The van der Waals surface area contributed by atoms with Gasteiger partial charge in [0.1, 0.15) is 5.60 Å². The van der Waals surface area contributed by atoms with Crippen molar-refractivity contribution in [2.75, 3.05) is 13.2 Å². The Balaban J connectivity index is 2.62. The van der Waals surface area contributed by atoms with Gasteiger partial charge >= 0.3 is 6.09 Å². The fourth-order valence-electron chi connectivity index (χ4n) is 2.09. The number of nitrogens with one attached hydrogen (secondary N) is 1. The zero-order chi connectivity index (χ0) is 16.1. The lowest BCUT2D eigenvalue weighted by Gasteiger charge is -2.29. The Morgan fingerprint density at radius 1 is 1.29 bits per heavy atom. The molecule has 0 bridgehead atoms. The van der Waals surface area contributed by atoms with E-state index in [-0.39, 0.29) is 6.61 Å². The molecule has 1 aromatic rings. The molecule has 1 unspecified atom stereocenters. The van der Waals surface area contributed by atoms with Gasteiger partial charge in [0.25, 0.3) is 0 Å². The Labute approximate surface area is 127 Å². The van der Waals surface area contributed by atoms with Gasteiger partial charge in [0.05, 0.1) is 6.61 Å². The minimum Gasteiger partial charge on any atom is -0.444 e. The average molecular weight is 293 g/mol. The number of benzene rings is 1. The van der Waals surface area contributed by atoms with Gasteiger partial charge in [0, 0.05) is 12.0 Å². The van der Waals surface area contributed by atoms with Crippen LogP contribution in [0.25, 0.3) is 0 Å². The molecule has 0 saturated carbocycles. The summed E-state index contributed by atoms with van der Waals surface area (Å²) >= 11 is 0. The molecule has 0 aromatic heterocycles. The van der Waals surface area contributed by atoms with Gasteiger partial charge in [-0.25, -0.2) is 4.79 Å². The molecule has 0 heterocycles. The van der Waals surface area contributed by atoms with E-state index in [1.54, 1.807) is 0 Å². The number of alkyl carbamates (subject to hydrolysis) is 1. The number of aliphatic hydroxyl groups is 1. The summed E-state index contributed by atoms with van der Waals surface area (Å²) in [6.07, 6.45) is 0.243. The number of carbonyl (C=O) groups excluding carboxylic acids is 1. The van der Waals surface area contributed by atoms with Crippen LogP contribution in [0.4, 0.5) is 4.79 Å². The number of ether oxygens (including phenoxy) is 1. The number of carbonyl (C=O) groups is 1. The smallest absolute Gasteiger partial charge is 0.407 e. The van der Waals surface area contributed by atoms with Crippen LogP contribution in [0.3, 0.4) is 0 Å². The molecule has 4 nitrogen and oxygen atoms in total. The molecule has 21 heavy (non-hydrogen) atoms. The van der Waals surface area contributed by atoms with Gasteiger partial charge in [0.2, 0.25) is 0 Å². The van der Waals surface area contributed by atoms with Gasteiger partial charge in [-0.1, -0.05) is 36.8 Å². The minimum absolute atomic E-state index is 0.00323. The van der Waals surface area contributed by atoms with Crippen LogP contribution in [0, 0.1) is 12.3 Å². The van der Waals surface area contributed by atoms with E-state index in [2.05, 4.69) is 11.4 Å². The van der Waals surface area contributed by atoms with Gasteiger partial charge in [-0.15, -0.1) is 0 Å². The maximum absolute atomic E-state index is 11.7. The molecule has 0 radical (unpaired) electrons. The highest BCUT2D eigenvalue weighted by molar-refractivity contribution is 5.67. The van der Waals surface area contributed by atoms with Crippen LogP contribution < -0.4 is 5.32 Å². The van der Waals surface area contributed by atoms with Gasteiger partial charge in [0.15, 0.2) is 0 Å². The minimum atomic E-state index is -0.518. The summed E-state index contributed by atoms with van der Waals surface area (Å²) in [7, 11) is 0. The zero-order valence-electron chi connectivity index (χ0n) is 13.7. The van der Waals surface area contributed by atoms with Crippen LogP contribution in [0.1, 0.15) is 38.8 Å². The number of aryl methyl sites for hydroxylation is 1. The second-order valence-electron chi connectivity index (χ2n) is 6.99. The van der Waals surface area contributed by atoms with Gasteiger partial charge < -0.3 is 15.2 Å². The highest BCUT2D eigenvalue weighted by Crippen LogP contribution is 2.22. The average Bonchev–Trinajstić information content (AvgIpc) is 2.34. The molecule has 0 aliphatic rings. The Morgan fingerprint density at radius 2 is 1.95 bits per heavy atom. The van der Waals surface area contributed by atoms with Crippen molar-refractivity contribution in [3.05, 3.63) is 35.4 Å². The maximum Gasteiger partial charge on any atom is 0.407 e. The fourth-order valence-corrected chi connectivity index (χ4v) is 2.09. The third-order valence-electron chi connectivity index (χ3n) is 3.15. The lowest BCUT2D eigenvalue weighted by atomic mass is 9.84. The van der Waals surface area contributed by atoms with Crippen LogP contribution in [0.15, 0.2) is 24.3 Å². The summed E-state index contributed by atoms with van der Waals surface area (Å²) in [4.78, 5) is 11.7. The van der Waals surface area contributed by atoms with Crippen molar-refractivity contribution in [1.82, 2.24) is 5.32 Å². The molecule has 0 aliphatic carbocycles. The number of amides is 1. The second kappa shape index (κ2) is 6.94. The summed E-state index contributed by atoms with van der Waals surface area (Å²) in [5, 5.41) is 12.4. The molecule has 4 heteroatoms. The van der Waals surface area contributed by atoms with Crippen molar-refractivity contribution in [3.63, 3.8) is 0 Å². The molecule has 1 amide bonds. The largest absolute Gasteiger partial charge is 0.444 e. The Hall–Kier alpha value is -1.55. The molecule has 0 saturated heterocycles. The van der Waals surface area contributed by atoms with Crippen molar-refractivity contribution in [1.29, 1.82) is 0 Å². The summed E-state index contributed by atoms with van der Waals surface area (Å²) in [5.41, 5.74) is 1.41. The molecule has 0 aliphatic heterocycles. The number of hydrogen-bond donors (Lipinski definition) is 2. The van der Waals surface area contributed by atoms with E-state index in [9.17, 15) is 9.90 Å². The van der Waals surface area contributed by atoms with Crippen molar-refractivity contribution < 1.29 is 14.6 Å². The second-order valence-corrected chi connectivity index (χ2v) is 6.99. The number of aliphatic hydroxyl groups excluding tert-OH is 1. The lowest BCUT2D eigenvalue weighted by molar-refractivity contribution is 0.0478. The highest BCUT2D eigenvalue weighted by atomic mass is 16.6. The van der Waals surface area contributed by atoms with Crippen LogP contribution in [-0.4, -0.2) is 30.0 Å². The first kappa shape index (κ1) is 17.5. The molecule has 0 spiro atoms. The molecule has 0 fully saturated rings. The monoisotopic (exact) mass is 293 g/mol. The van der Waals surface area contributed by atoms with Crippen molar-refractivity contribution >= 4 is 6.09 Å². The topological polar surface area (TPSA) is 58.6 Å². The first-order chi connectivity index (χ1) is 9.63. The van der Waals surface area contributed by atoms with E-state index in [0.29, 0.717) is 13.0 Å². The third-order valence-corrected chi connectivity index (χ3v) is 3.15. The van der Waals surface area contributed by atoms with E-state index in [1.165, 1.54) is 5.56 Å². The number of hydrogen-bond acceptors (Lipinski definition) is 3. The van der Waals surface area contributed by atoms with Crippen molar-refractivity contribution in [2.24, 2.45) is 5.41 Å². The summed E-state index contributed by atoms with van der Waals surface area (Å²) in [6.45, 7) is 9.83. The van der Waals surface area contributed by atoms with Crippen LogP contribution in [0.2, 0.25) is 0 Å². The van der Waals surface area contributed by atoms with Crippen LogP contribution in [-0.2, 0) is 11.2 Å². The first-order valence-electron chi connectivity index (χ1n) is 7.27. The maximum atomic E-state index is 11.7. The van der Waals surface area contributed by atoms with Crippen LogP contribution in [0.5, 0.6) is 0 Å². The molecular formula is C17H27NO3. The summed E-state index contributed by atoms with van der Waals surface area (Å²) in [5.74, 6) is 0. The SMILES string of the molecule is Cc1cccc(CC(C)(CO)CNC(=O)OC(C)(C)C)c1. The van der Waals surface area contributed by atoms with Crippen molar-refractivity contribution in [2.45, 2.75) is 46.6 Å². The molecule has 1 atom stereocenters. The third kappa shape index (κ3) is 6.63. The number of rotatable bonds is 5. The van der Waals surface area contributed by atoms with E-state index < -0.39 is 17.1 Å². The summed E-state index contributed by atoms with van der Waals surface area (Å²) < 4.78 is 5.22. The summed E-state index contributed by atoms with van der Waals surface area (Å²) in [6, 6.07) is 8.18. The van der Waals surface area contributed by atoms with E-state index in [4.69, 9.17) is 4.74 Å². The lowest BCUT2D eigenvalue weighted by Crippen LogP contribution is -2.41. The molecule has 1 rings (SSSR count). The predicted molar refractivity (Wildman–Crippen MR) is 84.3 cm³/mol. The highest BCUT2D eigenvalue weighted by Gasteiger charge is 2.26. The Kier molecular flexibility index (Phi) is 5.78. The fraction of sp³-hybridized carbons (Fsp3) is 0.588. The molecule has 2 N–H and O–H groups in total. The standard InChI is InChI=1S/C17H27NO3/c1-13-7-6-8-14(9-13)10-17(5,12-19)11-18-15(20)21-16(2,3)4/h6-9,19H,10-12H2,1-5H3,(H,18,20). The van der Waals surface area contributed by atoms with Gasteiger partial charge in [-0.3, -0.25) is 0 Å². The molecule has 118 valence electrons. The molecule has 1 aromatic carbocycles. The molecular weight excluding hydrogens is 266 g/mol. The van der Waals surface area contributed by atoms with E-state index in [1.807, 2.05) is 52.8 Å². The Morgan fingerprint density at radius 3 is 2.48 bits per heavy atom. The Bertz CT molecular complexity index is 479. The van der Waals surface area contributed by atoms with Crippen molar-refractivity contribution in [3.8, 4) is 0 Å². The van der Waals surface area contributed by atoms with E-state index >= 15 is 0 Å². The normalized spacial score (nSPS) is 14.4. The van der Waals surface area contributed by atoms with Crippen LogP contribution >= 0.6 is 0 Å². The van der Waals surface area contributed by atoms with E-state index in [0.717, 1.165) is 5.56 Å². The predicted octanol–water partition coefficient (Wildman–Crippen LogP) is 3.06. The quantitative estimate of drug-likeness (QED) is 0.877. The van der Waals surface area contributed by atoms with Gasteiger partial charge in [-0.2, -0.15) is 0 Å². The van der Waals surface area contributed by atoms with Gasteiger partial charge in [-0.05, 0) is 39.7 Å². The zero-order valence-corrected chi connectivity index (χ0v) is 13.7.